The van der Waals surface area contributed by atoms with Gasteiger partial charge in [-0.1, -0.05) is 12.1 Å². The average molecular weight is 308 g/mol. The van der Waals surface area contributed by atoms with Crippen LogP contribution in [0.1, 0.15) is 10.4 Å². The molecule has 1 amide bonds. The molecule has 6 nitrogen and oxygen atoms in total. The molecule has 1 aromatic carbocycles. The van der Waals surface area contributed by atoms with Crippen molar-refractivity contribution in [3.8, 4) is 5.75 Å². The Morgan fingerprint density at radius 2 is 2.23 bits per heavy atom. The highest BCUT2D eigenvalue weighted by Gasteiger charge is 2.19. The number of nitrogens with zero attached hydrogens (tertiary/aromatic N) is 1. The number of methoxy groups -OCH3 is 1. The Hall–Kier alpha value is -1.63. The topological polar surface area (TPSA) is 60.0 Å². The van der Waals surface area contributed by atoms with Gasteiger partial charge in [0.1, 0.15) is 12.4 Å². The van der Waals surface area contributed by atoms with Gasteiger partial charge in [-0.05, 0) is 19.2 Å². The molecule has 0 bridgehead atoms. The summed E-state index contributed by atoms with van der Waals surface area (Å²) >= 11 is 0. The molecule has 0 spiro atoms. The third kappa shape index (κ3) is 4.98. The lowest BCUT2D eigenvalue weighted by Gasteiger charge is -2.30. The molecule has 0 aromatic heterocycles. The van der Waals surface area contributed by atoms with E-state index < -0.39 is 0 Å². The number of morpholine rings is 1. The Kier molecular flexibility index (Phi) is 6.64. The molecule has 0 radical (unpaired) electrons. The number of nitrogens with one attached hydrogen (secondary N) is 1. The summed E-state index contributed by atoms with van der Waals surface area (Å²) in [5.74, 6) is 0.420. The van der Waals surface area contributed by atoms with Crippen molar-refractivity contribution in [2.24, 2.45) is 0 Å². The van der Waals surface area contributed by atoms with Crippen LogP contribution in [-0.4, -0.2) is 70.5 Å². The summed E-state index contributed by atoms with van der Waals surface area (Å²) in [5, 5.41) is 2.92. The van der Waals surface area contributed by atoms with Crippen molar-refractivity contribution in [3.05, 3.63) is 29.8 Å². The van der Waals surface area contributed by atoms with Crippen LogP contribution in [0.25, 0.3) is 0 Å². The van der Waals surface area contributed by atoms with Crippen molar-refractivity contribution >= 4 is 5.91 Å². The minimum absolute atomic E-state index is 0.0317. The van der Waals surface area contributed by atoms with Crippen LogP contribution in [0.2, 0.25) is 0 Å². The van der Waals surface area contributed by atoms with Gasteiger partial charge in [-0.3, -0.25) is 4.79 Å². The van der Waals surface area contributed by atoms with Crippen molar-refractivity contribution in [1.82, 2.24) is 10.2 Å². The van der Waals surface area contributed by atoms with Gasteiger partial charge in [0.15, 0.2) is 0 Å². The van der Waals surface area contributed by atoms with Crippen LogP contribution in [0, 0.1) is 0 Å². The Morgan fingerprint density at radius 1 is 1.41 bits per heavy atom. The highest BCUT2D eigenvalue weighted by Crippen LogP contribution is 2.17. The van der Waals surface area contributed by atoms with Gasteiger partial charge in [-0.2, -0.15) is 0 Å². The van der Waals surface area contributed by atoms with E-state index >= 15 is 0 Å². The quantitative estimate of drug-likeness (QED) is 0.754. The molecular formula is C16H24N2O4. The van der Waals surface area contributed by atoms with E-state index in [4.69, 9.17) is 14.2 Å². The first-order chi connectivity index (χ1) is 10.7. The molecule has 1 N–H and O–H groups in total. The van der Waals surface area contributed by atoms with E-state index in [0.717, 1.165) is 13.1 Å². The van der Waals surface area contributed by atoms with Crippen LogP contribution in [0.5, 0.6) is 5.75 Å². The Labute approximate surface area is 131 Å². The fourth-order valence-corrected chi connectivity index (χ4v) is 2.31. The van der Waals surface area contributed by atoms with Gasteiger partial charge in [0, 0.05) is 26.7 Å². The average Bonchev–Trinajstić information content (AvgIpc) is 2.53. The van der Waals surface area contributed by atoms with E-state index in [-0.39, 0.29) is 12.0 Å². The first kappa shape index (κ1) is 16.7. The summed E-state index contributed by atoms with van der Waals surface area (Å²) in [4.78, 5) is 14.5. The number of carbonyl (C=O) groups is 1. The Balaban J connectivity index is 1.88. The number of para-hydroxylation sites is 1. The first-order valence-corrected chi connectivity index (χ1v) is 7.50. The largest absolute Gasteiger partial charge is 0.490 e. The summed E-state index contributed by atoms with van der Waals surface area (Å²) in [7, 11) is 3.67. The van der Waals surface area contributed by atoms with E-state index in [9.17, 15) is 4.79 Å². The number of ether oxygens (including phenoxy) is 3. The molecule has 1 unspecified atom stereocenters. The normalized spacial score (nSPS) is 18.9. The van der Waals surface area contributed by atoms with Crippen LogP contribution in [0.15, 0.2) is 24.3 Å². The predicted octanol–water partition coefficient (Wildman–Crippen LogP) is 0.772. The second-order valence-electron chi connectivity index (χ2n) is 5.30. The van der Waals surface area contributed by atoms with Crippen molar-refractivity contribution in [2.75, 3.05) is 53.6 Å². The molecule has 0 aliphatic carbocycles. The molecule has 1 fully saturated rings. The van der Waals surface area contributed by atoms with Crippen molar-refractivity contribution in [1.29, 1.82) is 0 Å². The van der Waals surface area contributed by atoms with Gasteiger partial charge in [0.25, 0.3) is 5.91 Å². The monoisotopic (exact) mass is 308 g/mol. The number of carbonyl (C=O) groups excluding carboxylic acids is 1. The Bertz CT molecular complexity index is 481. The number of hydrogen-bond donors (Lipinski definition) is 1. The highest BCUT2D eigenvalue weighted by molar-refractivity contribution is 5.96. The smallest absolute Gasteiger partial charge is 0.255 e. The van der Waals surface area contributed by atoms with Gasteiger partial charge in [0.05, 0.1) is 24.9 Å². The van der Waals surface area contributed by atoms with Crippen LogP contribution in [-0.2, 0) is 9.47 Å². The highest BCUT2D eigenvalue weighted by atomic mass is 16.5. The second-order valence-corrected chi connectivity index (χ2v) is 5.30. The summed E-state index contributed by atoms with van der Waals surface area (Å²) < 4.78 is 16.2. The lowest BCUT2D eigenvalue weighted by molar-refractivity contribution is -0.0175. The molecule has 6 heteroatoms. The van der Waals surface area contributed by atoms with Crippen LogP contribution in [0.3, 0.4) is 0 Å². The van der Waals surface area contributed by atoms with E-state index in [1.165, 1.54) is 0 Å². The van der Waals surface area contributed by atoms with E-state index in [1.807, 2.05) is 12.1 Å². The molecular weight excluding hydrogens is 284 g/mol. The maximum absolute atomic E-state index is 12.3. The van der Waals surface area contributed by atoms with Gasteiger partial charge in [-0.25, -0.2) is 0 Å². The SMILES string of the molecule is COCCOc1ccccc1C(=O)NCC1CN(C)CCO1. The molecule has 1 saturated heterocycles. The number of likely N-dealkylation sites (N-methyl/N-ethyl adjacent to an activating group) is 1. The fourth-order valence-electron chi connectivity index (χ4n) is 2.31. The van der Waals surface area contributed by atoms with Crippen molar-refractivity contribution < 1.29 is 19.0 Å². The molecule has 2 rings (SSSR count). The summed E-state index contributed by atoms with van der Waals surface area (Å²) in [5.41, 5.74) is 0.530. The number of benzene rings is 1. The zero-order valence-electron chi connectivity index (χ0n) is 13.2. The molecule has 1 heterocycles. The lowest BCUT2D eigenvalue weighted by atomic mass is 10.2. The second kappa shape index (κ2) is 8.73. The number of amides is 1. The zero-order valence-corrected chi connectivity index (χ0v) is 13.2. The van der Waals surface area contributed by atoms with E-state index in [1.54, 1.807) is 19.2 Å². The molecule has 1 aromatic rings. The standard InChI is InChI=1S/C16H24N2O4/c1-18-7-8-21-13(12-18)11-17-16(19)14-5-3-4-6-15(14)22-10-9-20-2/h3-6,13H,7-12H2,1-2H3,(H,17,19). The molecule has 22 heavy (non-hydrogen) atoms. The summed E-state index contributed by atoms with van der Waals surface area (Å²) in [6.07, 6.45) is 0.0317. The van der Waals surface area contributed by atoms with Gasteiger partial charge in [-0.15, -0.1) is 0 Å². The molecule has 1 atom stereocenters. The number of hydrogen-bond acceptors (Lipinski definition) is 5. The third-order valence-corrected chi connectivity index (χ3v) is 3.51. The molecule has 1 aliphatic rings. The van der Waals surface area contributed by atoms with E-state index in [2.05, 4.69) is 17.3 Å². The first-order valence-electron chi connectivity index (χ1n) is 7.50. The van der Waals surface area contributed by atoms with Gasteiger partial charge < -0.3 is 24.4 Å². The number of rotatable bonds is 7. The van der Waals surface area contributed by atoms with Crippen LogP contribution < -0.4 is 10.1 Å². The minimum atomic E-state index is -0.148. The summed E-state index contributed by atoms with van der Waals surface area (Å²) in [6, 6.07) is 7.21. The predicted molar refractivity (Wildman–Crippen MR) is 83.4 cm³/mol. The minimum Gasteiger partial charge on any atom is -0.490 e. The molecule has 1 aliphatic heterocycles. The summed E-state index contributed by atoms with van der Waals surface area (Å²) in [6.45, 7) is 3.85. The maximum atomic E-state index is 12.3. The Morgan fingerprint density at radius 3 is 3.00 bits per heavy atom. The van der Waals surface area contributed by atoms with Crippen molar-refractivity contribution in [3.63, 3.8) is 0 Å². The van der Waals surface area contributed by atoms with Crippen molar-refractivity contribution in [2.45, 2.75) is 6.10 Å². The fraction of sp³-hybridized carbons (Fsp3) is 0.562. The van der Waals surface area contributed by atoms with Gasteiger partial charge >= 0.3 is 0 Å². The zero-order chi connectivity index (χ0) is 15.8. The van der Waals surface area contributed by atoms with E-state index in [0.29, 0.717) is 37.7 Å². The van der Waals surface area contributed by atoms with Crippen LogP contribution in [0.4, 0.5) is 0 Å². The molecule has 0 saturated carbocycles. The lowest BCUT2D eigenvalue weighted by Crippen LogP contribution is -2.45. The molecule has 122 valence electrons. The van der Waals surface area contributed by atoms with Gasteiger partial charge in [0.2, 0.25) is 0 Å². The third-order valence-electron chi connectivity index (χ3n) is 3.51. The maximum Gasteiger partial charge on any atom is 0.255 e. The van der Waals surface area contributed by atoms with Crippen LogP contribution >= 0.6 is 0 Å².